The van der Waals surface area contributed by atoms with Crippen LogP contribution in [0.15, 0.2) is 77.9 Å². The summed E-state index contributed by atoms with van der Waals surface area (Å²) < 4.78 is 0. The maximum absolute atomic E-state index is 12.9. The van der Waals surface area contributed by atoms with E-state index in [4.69, 9.17) is 0 Å². The SMILES string of the molecule is CC(=C1C=CC2=C(Cc3ccccc32)C1=O)c1ccccc1. The van der Waals surface area contributed by atoms with E-state index >= 15 is 0 Å². The smallest absolute Gasteiger partial charge is 0.190 e. The first-order valence-corrected chi connectivity index (χ1v) is 7.56. The molecule has 0 amide bonds. The van der Waals surface area contributed by atoms with Gasteiger partial charge in [-0.15, -0.1) is 0 Å². The van der Waals surface area contributed by atoms with E-state index in [0.717, 1.165) is 34.3 Å². The van der Waals surface area contributed by atoms with Crippen molar-refractivity contribution in [3.05, 3.63) is 94.6 Å². The second kappa shape index (κ2) is 4.96. The molecule has 0 aliphatic heterocycles. The number of fused-ring (bicyclic) bond motifs is 2. The van der Waals surface area contributed by atoms with Crippen LogP contribution >= 0.6 is 0 Å². The molecular formula is C21H16O. The van der Waals surface area contributed by atoms with Gasteiger partial charge in [0, 0.05) is 17.6 Å². The molecule has 0 fully saturated rings. The highest BCUT2D eigenvalue weighted by Crippen LogP contribution is 2.39. The lowest BCUT2D eigenvalue weighted by molar-refractivity contribution is -0.112. The summed E-state index contributed by atoms with van der Waals surface area (Å²) >= 11 is 0. The van der Waals surface area contributed by atoms with Crippen LogP contribution in [0.25, 0.3) is 11.1 Å². The van der Waals surface area contributed by atoms with E-state index < -0.39 is 0 Å². The summed E-state index contributed by atoms with van der Waals surface area (Å²) in [5, 5.41) is 0. The van der Waals surface area contributed by atoms with Gasteiger partial charge in [0.25, 0.3) is 0 Å². The first kappa shape index (κ1) is 13.0. The lowest BCUT2D eigenvalue weighted by Gasteiger charge is -2.14. The molecule has 2 aromatic rings. The number of carbonyl (C=O) groups excluding carboxylic acids is 1. The minimum Gasteiger partial charge on any atom is -0.289 e. The molecule has 0 aromatic heterocycles. The van der Waals surface area contributed by atoms with Crippen molar-refractivity contribution < 1.29 is 4.79 Å². The van der Waals surface area contributed by atoms with Crippen LogP contribution in [0.2, 0.25) is 0 Å². The monoisotopic (exact) mass is 284 g/mol. The molecule has 0 heterocycles. The number of rotatable bonds is 1. The van der Waals surface area contributed by atoms with E-state index in [-0.39, 0.29) is 5.78 Å². The third kappa shape index (κ3) is 1.90. The lowest BCUT2D eigenvalue weighted by Crippen LogP contribution is -2.10. The van der Waals surface area contributed by atoms with E-state index in [2.05, 4.69) is 30.3 Å². The van der Waals surface area contributed by atoms with Gasteiger partial charge >= 0.3 is 0 Å². The van der Waals surface area contributed by atoms with E-state index in [9.17, 15) is 4.79 Å². The van der Waals surface area contributed by atoms with Gasteiger partial charge in [0.15, 0.2) is 5.78 Å². The van der Waals surface area contributed by atoms with Crippen LogP contribution in [0.4, 0.5) is 0 Å². The van der Waals surface area contributed by atoms with E-state index in [1.807, 2.05) is 43.3 Å². The highest BCUT2D eigenvalue weighted by Gasteiger charge is 2.29. The Morgan fingerprint density at radius 1 is 0.909 bits per heavy atom. The third-order valence-electron chi connectivity index (χ3n) is 4.55. The molecule has 0 bridgehead atoms. The minimum absolute atomic E-state index is 0.176. The van der Waals surface area contributed by atoms with Crippen molar-refractivity contribution in [3.63, 3.8) is 0 Å². The normalized spacial score (nSPS) is 18.3. The van der Waals surface area contributed by atoms with Crippen molar-refractivity contribution in [2.75, 3.05) is 0 Å². The Morgan fingerprint density at radius 2 is 1.64 bits per heavy atom. The van der Waals surface area contributed by atoms with Crippen LogP contribution in [-0.2, 0) is 11.2 Å². The van der Waals surface area contributed by atoms with Crippen LogP contribution < -0.4 is 0 Å². The Morgan fingerprint density at radius 3 is 2.45 bits per heavy atom. The second-order valence-electron chi connectivity index (χ2n) is 5.79. The van der Waals surface area contributed by atoms with Gasteiger partial charge in [-0.1, -0.05) is 66.7 Å². The number of ketones is 1. The molecule has 1 nitrogen and oxygen atoms in total. The Bertz CT molecular complexity index is 864. The summed E-state index contributed by atoms with van der Waals surface area (Å²) in [5.74, 6) is 0.176. The number of carbonyl (C=O) groups is 1. The number of hydrogen-bond donors (Lipinski definition) is 0. The average molecular weight is 284 g/mol. The first-order chi connectivity index (χ1) is 10.8. The molecule has 22 heavy (non-hydrogen) atoms. The third-order valence-corrected chi connectivity index (χ3v) is 4.55. The standard InChI is InChI=1S/C21H16O/c1-14(15-7-3-2-4-8-15)17-11-12-19-18-10-6-5-9-16(18)13-20(19)21(17)22/h2-12H,13H2,1H3. The van der Waals surface area contributed by atoms with Gasteiger partial charge in [-0.05, 0) is 34.8 Å². The molecule has 0 radical (unpaired) electrons. The fourth-order valence-corrected chi connectivity index (χ4v) is 3.32. The molecule has 2 aromatic carbocycles. The Labute approximate surface area is 130 Å². The summed E-state index contributed by atoms with van der Waals surface area (Å²) in [4.78, 5) is 12.9. The molecule has 2 aliphatic rings. The maximum atomic E-state index is 12.9. The molecule has 0 saturated heterocycles. The molecule has 1 heteroatoms. The molecule has 2 aliphatic carbocycles. The van der Waals surface area contributed by atoms with Crippen LogP contribution in [-0.4, -0.2) is 5.78 Å². The zero-order valence-corrected chi connectivity index (χ0v) is 12.5. The molecule has 0 atom stereocenters. The minimum atomic E-state index is 0.176. The molecule has 0 spiro atoms. The molecule has 106 valence electrons. The Balaban J connectivity index is 1.79. The van der Waals surface area contributed by atoms with Crippen molar-refractivity contribution in [1.29, 1.82) is 0 Å². The summed E-state index contributed by atoms with van der Waals surface area (Å²) in [7, 11) is 0. The lowest BCUT2D eigenvalue weighted by atomic mass is 9.88. The topological polar surface area (TPSA) is 17.1 Å². The van der Waals surface area contributed by atoms with Gasteiger partial charge in [0.2, 0.25) is 0 Å². The van der Waals surface area contributed by atoms with Gasteiger partial charge in [-0.3, -0.25) is 4.79 Å². The second-order valence-corrected chi connectivity index (χ2v) is 5.79. The Hall–Kier alpha value is -2.67. The van der Waals surface area contributed by atoms with Crippen LogP contribution in [0.1, 0.15) is 23.6 Å². The summed E-state index contributed by atoms with van der Waals surface area (Å²) in [6.45, 7) is 2.03. The Kier molecular flexibility index (Phi) is 2.93. The summed E-state index contributed by atoms with van der Waals surface area (Å²) in [5.41, 5.74) is 7.47. The zero-order chi connectivity index (χ0) is 15.1. The van der Waals surface area contributed by atoms with Crippen LogP contribution in [0.3, 0.4) is 0 Å². The van der Waals surface area contributed by atoms with E-state index in [0.29, 0.717) is 0 Å². The first-order valence-electron chi connectivity index (χ1n) is 7.56. The average Bonchev–Trinajstić information content (AvgIpc) is 2.95. The number of allylic oxidation sites excluding steroid dienone is 6. The summed E-state index contributed by atoms with van der Waals surface area (Å²) in [6, 6.07) is 18.4. The predicted molar refractivity (Wildman–Crippen MR) is 90.2 cm³/mol. The molecule has 0 N–H and O–H groups in total. The van der Waals surface area contributed by atoms with Crippen molar-refractivity contribution in [3.8, 4) is 0 Å². The number of benzene rings is 2. The molecule has 4 rings (SSSR count). The van der Waals surface area contributed by atoms with Gasteiger partial charge in [-0.2, -0.15) is 0 Å². The molecule has 0 unspecified atom stereocenters. The number of Topliss-reactive ketones (excluding diaryl/α,β-unsaturated/α-hetero) is 1. The van der Waals surface area contributed by atoms with Crippen molar-refractivity contribution in [2.45, 2.75) is 13.3 Å². The quantitative estimate of drug-likeness (QED) is 0.699. The van der Waals surface area contributed by atoms with Gasteiger partial charge in [0.1, 0.15) is 0 Å². The van der Waals surface area contributed by atoms with Gasteiger partial charge < -0.3 is 0 Å². The molecule has 0 saturated carbocycles. The largest absolute Gasteiger partial charge is 0.289 e. The maximum Gasteiger partial charge on any atom is 0.190 e. The highest BCUT2D eigenvalue weighted by atomic mass is 16.1. The molecular weight excluding hydrogens is 268 g/mol. The van der Waals surface area contributed by atoms with E-state index in [1.54, 1.807) is 0 Å². The fourth-order valence-electron chi connectivity index (χ4n) is 3.32. The van der Waals surface area contributed by atoms with Crippen LogP contribution in [0.5, 0.6) is 0 Å². The fraction of sp³-hybridized carbons (Fsp3) is 0.0952. The van der Waals surface area contributed by atoms with Gasteiger partial charge in [0.05, 0.1) is 0 Å². The van der Waals surface area contributed by atoms with Crippen molar-refractivity contribution in [2.24, 2.45) is 0 Å². The van der Waals surface area contributed by atoms with Crippen LogP contribution in [0, 0.1) is 0 Å². The highest BCUT2D eigenvalue weighted by molar-refractivity contribution is 6.22. The van der Waals surface area contributed by atoms with Crippen molar-refractivity contribution in [1.82, 2.24) is 0 Å². The van der Waals surface area contributed by atoms with Crippen molar-refractivity contribution >= 4 is 16.9 Å². The number of hydrogen-bond acceptors (Lipinski definition) is 1. The summed E-state index contributed by atoms with van der Waals surface area (Å²) in [6.07, 6.45) is 4.83. The zero-order valence-electron chi connectivity index (χ0n) is 12.5. The predicted octanol–water partition coefficient (Wildman–Crippen LogP) is 4.61. The van der Waals surface area contributed by atoms with E-state index in [1.165, 1.54) is 11.1 Å². The van der Waals surface area contributed by atoms with Gasteiger partial charge in [-0.25, -0.2) is 0 Å².